The number of hydrogen-bond donors (Lipinski definition) is 1. The smallest absolute Gasteiger partial charge is 0.257 e. The number of carbonyl (C=O) groups is 2. The number of carbonyl (C=O) groups excluding carboxylic acids is 2. The second kappa shape index (κ2) is 8.32. The highest BCUT2D eigenvalue weighted by molar-refractivity contribution is 5.95. The van der Waals surface area contributed by atoms with Gasteiger partial charge in [-0.15, -0.1) is 0 Å². The first-order valence-corrected chi connectivity index (χ1v) is 8.48. The van der Waals surface area contributed by atoms with Gasteiger partial charge in [-0.1, -0.05) is 0 Å². The lowest BCUT2D eigenvalue weighted by molar-refractivity contribution is -0.123. The SMILES string of the molecule is O=C(COc1ccc(N2CCCC2=O)cc1)NCCCn1ccnc1. The summed E-state index contributed by atoms with van der Waals surface area (Å²) in [6.45, 7) is 2.15. The number of imidazole rings is 1. The number of hydrogen-bond acceptors (Lipinski definition) is 4. The van der Waals surface area contributed by atoms with Crippen molar-refractivity contribution in [2.75, 3.05) is 24.6 Å². The fourth-order valence-corrected chi connectivity index (χ4v) is 2.75. The largest absolute Gasteiger partial charge is 0.484 e. The van der Waals surface area contributed by atoms with Crippen molar-refractivity contribution in [1.29, 1.82) is 0 Å². The van der Waals surface area contributed by atoms with Gasteiger partial charge in [0.1, 0.15) is 5.75 Å². The summed E-state index contributed by atoms with van der Waals surface area (Å²) in [6, 6.07) is 7.27. The lowest BCUT2D eigenvalue weighted by Gasteiger charge is -2.16. The van der Waals surface area contributed by atoms with E-state index in [1.165, 1.54) is 0 Å². The van der Waals surface area contributed by atoms with E-state index in [4.69, 9.17) is 4.74 Å². The number of nitrogens with zero attached hydrogens (tertiary/aromatic N) is 3. The van der Waals surface area contributed by atoms with E-state index >= 15 is 0 Å². The zero-order valence-electron chi connectivity index (χ0n) is 14.1. The van der Waals surface area contributed by atoms with E-state index in [1.807, 2.05) is 22.9 Å². The normalized spacial score (nSPS) is 13.9. The van der Waals surface area contributed by atoms with Crippen LogP contribution in [-0.2, 0) is 16.1 Å². The number of anilines is 1. The van der Waals surface area contributed by atoms with Gasteiger partial charge < -0.3 is 19.5 Å². The first-order chi connectivity index (χ1) is 12.2. The van der Waals surface area contributed by atoms with E-state index in [1.54, 1.807) is 29.6 Å². The van der Waals surface area contributed by atoms with Gasteiger partial charge in [0.05, 0.1) is 6.33 Å². The molecule has 7 heteroatoms. The second-order valence-electron chi connectivity index (χ2n) is 5.94. The van der Waals surface area contributed by atoms with Crippen LogP contribution in [0.4, 0.5) is 5.69 Å². The number of aromatic nitrogens is 2. The highest BCUT2D eigenvalue weighted by atomic mass is 16.5. The number of benzene rings is 1. The van der Waals surface area contributed by atoms with Crippen LogP contribution >= 0.6 is 0 Å². The van der Waals surface area contributed by atoms with Crippen molar-refractivity contribution in [1.82, 2.24) is 14.9 Å². The first-order valence-electron chi connectivity index (χ1n) is 8.48. The predicted molar refractivity (Wildman–Crippen MR) is 93.4 cm³/mol. The van der Waals surface area contributed by atoms with E-state index in [-0.39, 0.29) is 18.4 Å². The van der Waals surface area contributed by atoms with Crippen LogP contribution in [0.15, 0.2) is 43.0 Å². The van der Waals surface area contributed by atoms with Gasteiger partial charge in [-0.25, -0.2) is 4.98 Å². The van der Waals surface area contributed by atoms with Gasteiger partial charge >= 0.3 is 0 Å². The maximum absolute atomic E-state index is 11.8. The Hall–Kier alpha value is -2.83. The molecule has 0 bridgehead atoms. The van der Waals surface area contributed by atoms with Crippen molar-refractivity contribution in [3.63, 3.8) is 0 Å². The van der Waals surface area contributed by atoms with E-state index in [2.05, 4.69) is 10.3 Å². The summed E-state index contributed by atoms with van der Waals surface area (Å²) in [5.41, 5.74) is 0.874. The number of rotatable bonds is 8. The molecule has 0 unspecified atom stereocenters. The van der Waals surface area contributed by atoms with E-state index < -0.39 is 0 Å². The van der Waals surface area contributed by atoms with E-state index in [0.29, 0.717) is 18.7 Å². The maximum Gasteiger partial charge on any atom is 0.257 e. The summed E-state index contributed by atoms with van der Waals surface area (Å²) in [5, 5.41) is 2.83. The molecule has 0 radical (unpaired) electrons. The number of nitrogens with one attached hydrogen (secondary N) is 1. The molecule has 2 heterocycles. The average molecular weight is 342 g/mol. The van der Waals surface area contributed by atoms with Crippen LogP contribution < -0.4 is 15.0 Å². The summed E-state index contributed by atoms with van der Waals surface area (Å²) < 4.78 is 7.45. The zero-order chi connectivity index (χ0) is 17.5. The molecule has 1 aromatic carbocycles. The molecule has 3 rings (SSSR count). The van der Waals surface area contributed by atoms with Crippen LogP contribution in [-0.4, -0.2) is 41.1 Å². The highest BCUT2D eigenvalue weighted by Crippen LogP contribution is 2.23. The third kappa shape index (κ3) is 4.82. The molecule has 132 valence electrons. The van der Waals surface area contributed by atoms with Crippen LogP contribution in [0.2, 0.25) is 0 Å². The number of ether oxygens (including phenoxy) is 1. The summed E-state index contributed by atoms with van der Waals surface area (Å²) in [6.07, 6.45) is 7.73. The van der Waals surface area contributed by atoms with Crippen molar-refractivity contribution < 1.29 is 14.3 Å². The Balaban J connectivity index is 1.36. The summed E-state index contributed by atoms with van der Waals surface area (Å²) >= 11 is 0. The quantitative estimate of drug-likeness (QED) is 0.739. The number of aryl methyl sites for hydroxylation is 1. The lowest BCUT2D eigenvalue weighted by Crippen LogP contribution is -2.30. The van der Waals surface area contributed by atoms with Crippen LogP contribution in [0.1, 0.15) is 19.3 Å². The fourth-order valence-electron chi connectivity index (χ4n) is 2.75. The van der Waals surface area contributed by atoms with Crippen LogP contribution in [0.3, 0.4) is 0 Å². The standard InChI is InChI=1S/C18H22N4O3/c23-17(20-8-2-10-21-12-9-19-14-21)13-25-16-6-4-15(5-7-16)22-11-1-3-18(22)24/h4-7,9,12,14H,1-3,8,10-11,13H2,(H,20,23). The molecule has 25 heavy (non-hydrogen) atoms. The molecule has 2 aromatic rings. The zero-order valence-corrected chi connectivity index (χ0v) is 14.1. The van der Waals surface area contributed by atoms with Gasteiger partial charge in [0, 0.05) is 44.1 Å². The van der Waals surface area contributed by atoms with Crippen LogP contribution in [0.5, 0.6) is 5.75 Å². The molecular formula is C18H22N4O3. The van der Waals surface area contributed by atoms with Gasteiger partial charge in [-0.05, 0) is 37.1 Å². The molecule has 7 nitrogen and oxygen atoms in total. The topological polar surface area (TPSA) is 76.5 Å². The van der Waals surface area contributed by atoms with E-state index in [9.17, 15) is 9.59 Å². The van der Waals surface area contributed by atoms with Gasteiger partial charge in [-0.2, -0.15) is 0 Å². The minimum atomic E-state index is -0.149. The molecule has 1 saturated heterocycles. The maximum atomic E-state index is 11.8. The summed E-state index contributed by atoms with van der Waals surface area (Å²) in [7, 11) is 0. The van der Waals surface area contributed by atoms with Crippen molar-refractivity contribution >= 4 is 17.5 Å². The number of amides is 2. The Morgan fingerprint density at radius 2 is 2.12 bits per heavy atom. The molecule has 1 N–H and O–H groups in total. The molecule has 1 aliphatic rings. The molecule has 1 aromatic heterocycles. The molecule has 0 saturated carbocycles. The Kier molecular flexibility index (Phi) is 5.66. The molecule has 1 aliphatic heterocycles. The summed E-state index contributed by atoms with van der Waals surface area (Å²) in [5.74, 6) is 0.622. The fraction of sp³-hybridized carbons (Fsp3) is 0.389. The predicted octanol–water partition coefficient (Wildman–Crippen LogP) is 1.60. The van der Waals surface area contributed by atoms with Crippen molar-refractivity contribution in [3.05, 3.63) is 43.0 Å². The molecule has 0 atom stereocenters. The second-order valence-corrected chi connectivity index (χ2v) is 5.94. The minimum absolute atomic E-state index is 0.0208. The Bertz CT molecular complexity index is 698. The van der Waals surface area contributed by atoms with Crippen molar-refractivity contribution in [3.8, 4) is 5.75 Å². The third-order valence-electron chi connectivity index (χ3n) is 4.07. The average Bonchev–Trinajstić information content (AvgIpc) is 3.29. The monoisotopic (exact) mass is 342 g/mol. The van der Waals surface area contributed by atoms with Crippen molar-refractivity contribution in [2.24, 2.45) is 0 Å². The van der Waals surface area contributed by atoms with Crippen LogP contribution in [0.25, 0.3) is 0 Å². The van der Waals surface area contributed by atoms with E-state index in [0.717, 1.165) is 31.6 Å². The molecule has 1 fully saturated rings. The Labute approximate surface area is 146 Å². The van der Waals surface area contributed by atoms with Gasteiger partial charge in [0.15, 0.2) is 6.61 Å². The van der Waals surface area contributed by atoms with Gasteiger partial charge in [0.2, 0.25) is 5.91 Å². The summed E-state index contributed by atoms with van der Waals surface area (Å²) in [4.78, 5) is 29.2. The lowest BCUT2D eigenvalue weighted by atomic mass is 10.3. The molecular weight excluding hydrogens is 320 g/mol. The Morgan fingerprint density at radius 3 is 2.80 bits per heavy atom. The molecule has 0 aliphatic carbocycles. The Morgan fingerprint density at radius 1 is 1.28 bits per heavy atom. The highest BCUT2D eigenvalue weighted by Gasteiger charge is 2.21. The molecule has 2 amide bonds. The minimum Gasteiger partial charge on any atom is -0.484 e. The van der Waals surface area contributed by atoms with Crippen molar-refractivity contribution in [2.45, 2.75) is 25.8 Å². The first kappa shape index (κ1) is 17.0. The van der Waals surface area contributed by atoms with Crippen LogP contribution in [0, 0.1) is 0 Å². The third-order valence-corrected chi connectivity index (χ3v) is 4.07. The van der Waals surface area contributed by atoms with Gasteiger partial charge in [0.25, 0.3) is 5.91 Å². The van der Waals surface area contributed by atoms with Gasteiger partial charge in [-0.3, -0.25) is 9.59 Å². The molecule has 0 spiro atoms.